The van der Waals surface area contributed by atoms with Crippen molar-refractivity contribution in [1.82, 2.24) is 15.2 Å². The summed E-state index contributed by atoms with van der Waals surface area (Å²) in [6.45, 7) is 0. The molecule has 308 valence electrons. The van der Waals surface area contributed by atoms with Gasteiger partial charge in [0.05, 0.1) is 34.1 Å². The summed E-state index contributed by atoms with van der Waals surface area (Å²) in [6.07, 6.45) is 0. The zero-order chi connectivity index (χ0) is 42.8. The van der Waals surface area contributed by atoms with E-state index in [-0.39, 0.29) is 0 Å². The maximum Gasteiger partial charge on any atom is 0.162 e. The first-order valence-electron chi connectivity index (χ1n) is 21.5. The number of H-pyrrole nitrogens is 1. The van der Waals surface area contributed by atoms with Crippen LogP contribution < -0.4 is 14.7 Å². The topological polar surface area (TPSA) is 51.3 Å². The van der Waals surface area contributed by atoms with Gasteiger partial charge in [-0.2, -0.15) is 0 Å². The third kappa shape index (κ3) is 6.45. The van der Waals surface area contributed by atoms with Crippen molar-refractivity contribution in [3.05, 3.63) is 212 Å². The van der Waals surface area contributed by atoms with Gasteiger partial charge in [0.25, 0.3) is 0 Å². The van der Waals surface area contributed by atoms with Gasteiger partial charge in [-0.3, -0.25) is 0 Å². The Hall–Kier alpha value is -7.43. The summed E-state index contributed by atoms with van der Waals surface area (Å²) < 4.78 is 0. The van der Waals surface area contributed by atoms with E-state index < -0.39 is 0 Å². The number of benzene rings is 9. The van der Waals surface area contributed by atoms with Gasteiger partial charge in [-0.25, -0.2) is 0 Å². The van der Waals surface area contributed by atoms with Gasteiger partial charge in [-0.05, 0) is 96.6 Å². The molecule has 6 nitrogen and oxygen atoms in total. The molecule has 3 aliphatic rings. The molecule has 1 aromatic heterocycles. The molecule has 3 aliphatic heterocycles. The molecule has 0 spiro atoms. The number of rotatable bonds is 6. The summed E-state index contributed by atoms with van der Waals surface area (Å²) in [5, 5.41) is 9.45. The lowest BCUT2D eigenvalue weighted by Gasteiger charge is -2.38. The molecule has 1 N–H and O–H groups in total. The van der Waals surface area contributed by atoms with E-state index in [1.54, 1.807) is 0 Å². The summed E-state index contributed by atoms with van der Waals surface area (Å²) >= 11 is 5.49. The number of nitrogens with zero attached hydrogens (tertiary/aromatic N) is 5. The number of hydrogen-bond acceptors (Lipinski definition) is 8. The minimum atomic E-state index is 0.712. The zero-order valence-electron chi connectivity index (χ0n) is 34.7. The van der Waals surface area contributed by atoms with Crippen LogP contribution in [0.2, 0.25) is 0 Å². The average Bonchev–Trinajstić information content (AvgIpc) is 3.87. The molecule has 65 heavy (non-hydrogen) atoms. The smallest absolute Gasteiger partial charge is 0.162 e. The van der Waals surface area contributed by atoms with Crippen molar-refractivity contribution >= 4 is 86.5 Å². The van der Waals surface area contributed by atoms with E-state index in [2.05, 4.69) is 219 Å². The molecule has 0 unspecified atom stereocenters. The zero-order valence-corrected chi connectivity index (χ0v) is 37.1. The number of aromatic amines is 1. The Morgan fingerprint density at radius 1 is 0.308 bits per heavy atom. The van der Waals surface area contributed by atoms with Gasteiger partial charge < -0.3 is 19.7 Å². The number of aromatic nitrogens is 3. The summed E-state index contributed by atoms with van der Waals surface area (Å²) in [4.78, 5) is 18.1. The largest absolute Gasteiger partial charge is 0.321 e. The van der Waals surface area contributed by atoms with Crippen molar-refractivity contribution in [1.29, 1.82) is 0 Å². The van der Waals surface area contributed by atoms with Gasteiger partial charge in [0, 0.05) is 63.1 Å². The lowest BCUT2D eigenvalue weighted by Crippen LogP contribution is -2.19. The summed E-state index contributed by atoms with van der Waals surface area (Å²) in [7, 11) is 0. The maximum atomic E-state index is 4.79. The van der Waals surface area contributed by atoms with Crippen LogP contribution >= 0.6 is 35.3 Å². The van der Waals surface area contributed by atoms with Gasteiger partial charge in [0.1, 0.15) is 0 Å². The molecular weight excluding hydrogens is 853 g/mol. The number of hydrogen-bond donors (Lipinski definition) is 1. The summed E-state index contributed by atoms with van der Waals surface area (Å²) in [5.41, 5.74) is 14.3. The van der Waals surface area contributed by atoms with E-state index in [1.807, 2.05) is 53.5 Å². The number of fused-ring (bicyclic) bond motifs is 6. The molecule has 10 aromatic rings. The van der Waals surface area contributed by atoms with Crippen LogP contribution in [0.3, 0.4) is 0 Å². The molecule has 4 heterocycles. The van der Waals surface area contributed by atoms with E-state index in [0.29, 0.717) is 5.82 Å². The molecule has 0 radical (unpaired) electrons. The first-order valence-corrected chi connectivity index (χ1v) is 23.9. The van der Waals surface area contributed by atoms with Gasteiger partial charge in [0.15, 0.2) is 11.6 Å². The maximum absolute atomic E-state index is 4.79. The van der Waals surface area contributed by atoms with Crippen LogP contribution in [0.5, 0.6) is 0 Å². The fourth-order valence-corrected chi connectivity index (χ4v) is 12.5. The second-order valence-corrected chi connectivity index (χ2v) is 19.2. The van der Waals surface area contributed by atoms with Crippen molar-refractivity contribution < 1.29 is 0 Å². The van der Waals surface area contributed by atoms with Crippen LogP contribution in [-0.4, -0.2) is 15.2 Å². The van der Waals surface area contributed by atoms with Crippen molar-refractivity contribution in [3.8, 4) is 33.9 Å². The van der Waals surface area contributed by atoms with Crippen LogP contribution in [0.1, 0.15) is 0 Å². The Morgan fingerprint density at radius 3 is 1.38 bits per heavy atom. The molecule has 9 heteroatoms. The minimum absolute atomic E-state index is 0.712. The van der Waals surface area contributed by atoms with Crippen molar-refractivity contribution in [2.24, 2.45) is 0 Å². The highest BCUT2D eigenvalue weighted by Crippen LogP contribution is 2.60. The predicted octanol–water partition coefficient (Wildman–Crippen LogP) is 16.6. The highest BCUT2D eigenvalue weighted by atomic mass is 32.2. The van der Waals surface area contributed by atoms with Gasteiger partial charge >= 0.3 is 0 Å². The van der Waals surface area contributed by atoms with Crippen molar-refractivity contribution in [3.63, 3.8) is 0 Å². The SMILES string of the molecule is c1ccc(-c2nnc(-c3ccccc3-c3cc(N4c5ccccc5Sc5ccccc54)cc4c3N(c3ccccc3)c3ccc(N5c6ccccc6Sc6ccccc65)cc3S4)[nH]2)cc1. The fourth-order valence-electron chi connectivity index (χ4n) is 9.23. The summed E-state index contributed by atoms with van der Waals surface area (Å²) in [5.74, 6) is 1.44. The molecule has 0 saturated heterocycles. The molecule has 0 atom stereocenters. The van der Waals surface area contributed by atoms with E-state index in [9.17, 15) is 0 Å². The minimum Gasteiger partial charge on any atom is -0.321 e. The van der Waals surface area contributed by atoms with E-state index in [1.165, 1.54) is 35.9 Å². The lowest BCUT2D eigenvalue weighted by molar-refractivity contribution is 1.10. The van der Waals surface area contributed by atoms with Crippen molar-refractivity contribution in [2.75, 3.05) is 14.7 Å². The molecule has 0 aliphatic carbocycles. The van der Waals surface area contributed by atoms with Crippen LogP contribution in [0.25, 0.3) is 33.9 Å². The average molecular weight is 889 g/mol. The van der Waals surface area contributed by atoms with Gasteiger partial charge in [0.2, 0.25) is 0 Å². The highest BCUT2D eigenvalue weighted by Gasteiger charge is 2.34. The number of para-hydroxylation sites is 5. The molecule has 0 saturated carbocycles. The molecule has 0 amide bonds. The lowest BCUT2D eigenvalue weighted by atomic mass is 9.95. The molecule has 0 fully saturated rings. The van der Waals surface area contributed by atoms with Crippen LogP contribution in [0.15, 0.2) is 242 Å². The number of anilines is 9. The Morgan fingerprint density at radius 2 is 0.769 bits per heavy atom. The van der Waals surface area contributed by atoms with E-state index in [4.69, 9.17) is 5.10 Å². The Bertz CT molecular complexity index is 3370. The number of nitrogens with one attached hydrogen (secondary N) is 1. The van der Waals surface area contributed by atoms with Crippen molar-refractivity contribution in [2.45, 2.75) is 29.4 Å². The second-order valence-electron chi connectivity index (χ2n) is 15.9. The van der Waals surface area contributed by atoms with Crippen LogP contribution in [0.4, 0.5) is 51.2 Å². The van der Waals surface area contributed by atoms with Crippen LogP contribution in [0, 0.1) is 0 Å². The van der Waals surface area contributed by atoms with Crippen LogP contribution in [-0.2, 0) is 0 Å². The van der Waals surface area contributed by atoms with Gasteiger partial charge in [-0.15, -0.1) is 10.2 Å². The molecule has 0 bridgehead atoms. The predicted molar refractivity (Wildman–Crippen MR) is 269 cm³/mol. The Balaban J connectivity index is 1.06. The third-order valence-electron chi connectivity index (χ3n) is 12.1. The summed E-state index contributed by atoms with van der Waals surface area (Å²) in [6, 6.07) is 76.2. The molecule has 13 rings (SSSR count). The standard InChI is InChI=1S/C56H36N6S3/c1-3-17-36(18-4-1)55-57-56(59-58-55)41-22-8-7-21-40(41)42-33-39(61-45-25-11-15-29-50(45)64-51-30-16-12-26-46(51)61)35-53-54(42)62(37-19-5-2-6-20-37)47-32-31-38(34-52(47)65-53)60-43-23-9-13-27-48(43)63-49-28-14-10-24-44(49)60/h1-35H,(H,57,58,59). The fraction of sp³-hybridized carbons (Fsp3) is 0. The quantitative estimate of drug-likeness (QED) is 0.177. The first kappa shape index (κ1) is 38.1. The first-order chi connectivity index (χ1) is 32.2. The van der Waals surface area contributed by atoms with Gasteiger partial charge in [-0.1, -0.05) is 157 Å². The monoisotopic (exact) mass is 888 g/mol. The molecule has 9 aromatic carbocycles. The Kier molecular flexibility index (Phi) is 9.18. The highest BCUT2D eigenvalue weighted by molar-refractivity contribution is 8.00. The normalized spacial score (nSPS) is 13.3. The second kappa shape index (κ2) is 15.7. The Labute approximate surface area is 389 Å². The van der Waals surface area contributed by atoms with E-state index in [0.717, 1.165) is 72.8 Å². The van der Waals surface area contributed by atoms with E-state index >= 15 is 0 Å². The third-order valence-corrected chi connectivity index (χ3v) is 15.4. The molecular formula is C56H36N6S3.